The van der Waals surface area contributed by atoms with E-state index in [9.17, 15) is 13.2 Å². The Labute approximate surface area is 111 Å². The highest BCUT2D eigenvalue weighted by Gasteiger charge is 2.31. The number of halogens is 3. The van der Waals surface area contributed by atoms with E-state index in [2.05, 4.69) is 5.32 Å². The molecule has 1 aromatic rings. The molecule has 0 aromatic heterocycles. The van der Waals surface area contributed by atoms with Crippen LogP contribution in [-0.4, -0.2) is 6.04 Å². The quantitative estimate of drug-likeness (QED) is 0.901. The van der Waals surface area contributed by atoms with Gasteiger partial charge in [0.05, 0.1) is 17.2 Å². The second-order valence-corrected chi connectivity index (χ2v) is 4.97. The van der Waals surface area contributed by atoms with Crippen LogP contribution in [0.1, 0.15) is 50.4 Å². The summed E-state index contributed by atoms with van der Waals surface area (Å²) >= 11 is 0. The number of benzene rings is 1. The van der Waals surface area contributed by atoms with E-state index in [4.69, 9.17) is 5.26 Å². The van der Waals surface area contributed by atoms with Gasteiger partial charge in [0.25, 0.3) is 5.92 Å². The molecule has 0 aliphatic rings. The van der Waals surface area contributed by atoms with Crippen LogP contribution >= 0.6 is 0 Å². The fourth-order valence-electron chi connectivity index (χ4n) is 1.94. The minimum atomic E-state index is -3.32. The highest BCUT2D eigenvalue weighted by Crippen LogP contribution is 2.33. The van der Waals surface area contributed by atoms with Gasteiger partial charge in [-0.2, -0.15) is 5.26 Å². The molecule has 0 fully saturated rings. The molecular formula is C14H17F3N2. The minimum absolute atomic E-state index is 0.0327. The zero-order valence-corrected chi connectivity index (χ0v) is 11.4. The first-order chi connectivity index (χ1) is 8.66. The molecular weight excluding hydrogens is 253 g/mol. The van der Waals surface area contributed by atoms with Gasteiger partial charge in [0.15, 0.2) is 0 Å². The summed E-state index contributed by atoms with van der Waals surface area (Å²) in [6.45, 7) is 6.05. The Morgan fingerprint density at radius 3 is 2.26 bits per heavy atom. The standard InChI is InChI=1S/C14H17F3N2/c1-8(2)19-9(3)11-5-10(7-18)6-12(13(11)15)14(4,16)17/h5-6,8-9,19H,1-4H3/t9-/m1/s1. The third-order valence-corrected chi connectivity index (χ3v) is 2.75. The first-order valence-electron chi connectivity index (χ1n) is 6.04. The van der Waals surface area contributed by atoms with Crippen LogP contribution in [0.4, 0.5) is 13.2 Å². The Morgan fingerprint density at radius 2 is 1.84 bits per heavy atom. The number of hydrogen-bond acceptors (Lipinski definition) is 2. The number of nitrogens with one attached hydrogen (secondary N) is 1. The van der Waals surface area contributed by atoms with Gasteiger partial charge in [-0.1, -0.05) is 13.8 Å². The molecule has 1 rings (SSSR count). The van der Waals surface area contributed by atoms with Gasteiger partial charge in [-0.05, 0) is 19.1 Å². The number of rotatable bonds is 4. The summed E-state index contributed by atoms with van der Waals surface area (Å²) in [7, 11) is 0. The van der Waals surface area contributed by atoms with Crippen molar-refractivity contribution in [3.63, 3.8) is 0 Å². The van der Waals surface area contributed by atoms with Gasteiger partial charge < -0.3 is 5.32 Å². The highest BCUT2D eigenvalue weighted by atomic mass is 19.3. The molecule has 1 N–H and O–H groups in total. The Kier molecular flexibility index (Phi) is 4.59. The van der Waals surface area contributed by atoms with Crippen LogP contribution in [0, 0.1) is 17.1 Å². The second kappa shape index (κ2) is 5.62. The monoisotopic (exact) mass is 270 g/mol. The molecule has 0 spiro atoms. The predicted molar refractivity (Wildman–Crippen MR) is 67.4 cm³/mol. The second-order valence-electron chi connectivity index (χ2n) is 4.97. The number of alkyl halides is 2. The lowest BCUT2D eigenvalue weighted by molar-refractivity contribution is 0.0135. The lowest BCUT2D eigenvalue weighted by Crippen LogP contribution is -2.27. The molecule has 1 atom stereocenters. The lowest BCUT2D eigenvalue weighted by atomic mass is 9.97. The normalized spacial score (nSPS) is 13.4. The van der Waals surface area contributed by atoms with E-state index in [1.165, 1.54) is 6.07 Å². The van der Waals surface area contributed by atoms with Crippen LogP contribution in [0.15, 0.2) is 12.1 Å². The van der Waals surface area contributed by atoms with Crippen molar-refractivity contribution in [3.05, 3.63) is 34.6 Å². The van der Waals surface area contributed by atoms with Crippen LogP contribution in [0.25, 0.3) is 0 Å². The summed E-state index contributed by atoms with van der Waals surface area (Å²) in [5.74, 6) is -4.27. The van der Waals surface area contributed by atoms with E-state index in [1.807, 2.05) is 13.8 Å². The molecule has 0 radical (unpaired) electrons. The average molecular weight is 270 g/mol. The average Bonchev–Trinajstić information content (AvgIpc) is 2.26. The summed E-state index contributed by atoms with van der Waals surface area (Å²) in [6.07, 6.45) is 0. The van der Waals surface area contributed by atoms with E-state index in [0.29, 0.717) is 6.92 Å². The molecule has 19 heavy (non-hydrogen) atoms. The Morgan fingerprint density at radius 1 is 1.26 bits per heavy atom. The molecule has 1 aromatic carbocycles. The van der Waals surface area contributed by atoms with Gasteiger partial charge in [0, 0.05) is 24.6 Å². The van der Waals surface area contributed by atoms with Crippen LogP contribution in [0.3, 0.4) is 0 Å². The maximum atomic E-state index is 14.2. The van der Waals surface area contributed by atoms with Gasteiger partial charge in [-0.3, -0.25) is 0 Å². The van der Waals surface area contributed by atoms with E-state index in [0.717, 1.165) is 6.07 Å². The van der Waals surface area contributed by atoms with E-state index >= 15 is 0 Å². The fraction of sp³-hybridized carbons (Fsp3) is 0.500. The molecule has 0 heterocycles. The fourth-order valence-corrected chi connectivity index (χ4v) is 1.94. The zero-order chi connectivity index (χ0) is 14.8. The maximum absolute atomic E-state index is 14.2. The SMILES string of the molecule is CC(C)N[C@H](C)c1cc(C#N)cc(C(C)(F)F)c1F. The van der Waals surface area contributed by atoms with Crippen molar-refractivity contribution in [2.75, 3.05) is 0 Å². The van der Waals surface area contributed by atoms with Gasteiger partial charge >= 0.3 is 0 Å². The van der Waals surface area contributed by atoms with Crippen molar-refractivity contribution in [2.24, 2.45) is 0 Å². The van der Waals surface area contributed by atoms with Crippen molar-refractivity contribution in [1.82, 2.24) is 5.32 Å². The molecule has 0 bridgehead atoms. The first kappa shape index (κ1) is 15.5. The topological polar surface area (TPSA) is 35.8 Å². The van der Waals surface area contributed by atoms with Crippen LogP contribution in [0.5, 0.6) is 0 Å². The van der Waals surface area contributed by atoms with Crippen molar-refractivity contribution >= 4 is 0 Å². The number of nitrogens with zero attached hydrogens (tertiary/aromatic N) is 1. The largest absolute Gasteiger partial charge is 0.308 e. The van der Waals surface area contributed by atoms with Crippen molar-refractivity contribution in [1.29, 1.82) is 5.26 Å². The minimum Gasteiger partial charge on any atom is -0.308 e. The third-order valence-electron chi connectivity index (χ3n) is 2.75. The molecule has 2 nitrogen and oxygen atoms in total. The van der Waals surface area contributed by atoms with Gasteiger partial charge in [0.1, 0.15) is 5.82 Å². The van der Waals surface area contributed by atoms with Crippen LogP contribution in [-0.2, 0) is 5.92 Å². The Bertz CT molecular complexity index is 499. The predicted octanol–water partition coefficient (Wildman–Crippen LogP) is 3.87. The molecule has 0 unspecified atom stereocenters. The zero-order valence-electron chi connectivity index (χ0n) is 11.4. The van der Waals surface area contributed by atoms with Gasteiger partial charge in [-0.15, -0.1) is 0 Å². The Hall–Kier alpha value is -1.54. The third kappa shape index (κ3) is 3.71. The van der Waals surface area contributed by atoms with E-state index in [1.54, 1.807) is 13.0 Å². The van der Waals surface area contributed by atoms with Gasteiger partial charge in [-0.25, -0.2) is 13.2 Å². The molecule has 104 valence electrons. The van der Waals surface area contributed by atoms with Gasteiger partial charge in [0.2, 0.25) is 0 Å². The number of nitriles is 1. The van der Waals surface area contributed by atoms with Crippen LogP contribution < -0.4 is 5.32 Å². The highest BCUT2D eigenvalue weighted by molar-refractivity contribution is 5.41. The molecule has 0 aliphatic carbocycles. The lowest BCUT2D eigenvalue weighted by Gasteiger charge is -2.21. The van der Waals surface area contributed by atoms with E-state index < -0.39 is 23.3 Å². The van der Waals surface area contributed by atoms with Crippen LogP contribution in [0.2, 0.25) is 0 Å². The number of hydrogen-bond donors (Lipinski definition) is 1. The summed E-state index contributed by atoms with van der Waals surface area (Å²) in [5.41, 5.74) is -0.617. The van der Waals surface area contributed by atoms with Crippen molar-refractivity contribution in [2.45, 2.75) is 45.7 Å². The maximum Gasteiger partial charge on any atom is 0.273 e. The van der Waals surface area contributed by atoms with Crippen molar-refractivity contribution < 1.29 is 13.2 Å². The summed E-state index contributed by atoms with van der Waals surface area (Å²) in [4.78, 5) is 0. The molecule has 0 aliphatic heterocycles. The van der Waals surface area contributed by atoms with E-state index in [-0.39, 0.29) is 17.2 Å². The summed E-state index contributed by atoms with van der Waals surface area (Å²) in [6, 6.07) is 3.63. The molecule has 0 saturated heterocycles. The summed E-state index contributed by atoms with van der Waals surface area (Å²) in [5, 5.41) is 11.9. The molecule has 0 amide bonds. The smallest absolute Gasteiger partial charge is 0.273 e. The van der Waals surface area contributed by atoms with Crippen molar-refractivity contribution in [3.8, 4) is 6.07 Å². The first-order valence-corrected chi connectivity index (χ1v) is 6.04. The molecule has 5 heteroatoms. The molecule has 0 saturated carbocycles. The Balaban J connectivity index is 3.36. The summed E-state index contributed by atoms with van der Waals surface area (Å²) < 4.78 is 40.9.